The molecule has 3 heterocycles. The Bertz CT molecular complexity index is 2360. The molecule has 0 amide bonds. The number of fused-ring (bicyclic) bond motifs is 9. The van der Waals surface area contributed by atoms with Crippen LogP contribution in [-0.2, 0) is 0 Å². The number of hydrogen-bond donors (Lipinski definition) is 0. The number of rotatable bonds is 3. The molecule has 0 fully saturated rings. The Balaban J connectivity index is 1.10. The van der Waals surface area contributed by atoms with Crippen LogP contribution in [0.2, 0.25) is 0 Å². The van der Waals surface area contributed by atoms with Gasteiger partial charge in [-0.3, -0.25) is 0 Å². The summed E-state index contributed by atoms with van der Waals surface area (Å²) in [6.07, 6.45) is 18.9. The Morgan fingerprint density at radius 3 is 2.58 bits per heavy atom. The van der Waals surface area contributed by atoms with Crippen molar-refractivity contribution in [3.8, 4) is 34.1 Å². The van der Waals surface area contributed by atoms with Crippen molar-refractivity contribution in [2.75, 3.05) is 4.90 Å². The van der Waals surface area contributed by atoms with Gasteiger partial charge in [-0.25, -0.2) is 0 Å². The van der Waals surface area contributed by atoms with E-state index in [1.54, 1.807) is 0 Å². The van der Waals surface area contributed by atoms with Gasteiger partial charge in [0.05, 0.1) is 23.6 Å². The standard InChI is InChI=1S/C44H32N2O2/c1-26-11-15-32-31-9-5-6-10-37(31)46(39(32)21-26)38-17-12-27(25-45)22-34(38)30-14-19-41-36(24-30)43-42(47-41)20-16-33-35-23-29(28-7-3-2-4-8-28)13-18-40(35)48-44(33)43/h2-20,22-24,26,31,37,42-43H,21H2,1H3. The lowest BCUT2D eigenvalue weighted by molar-refractivity contribution is 0.256. The molecule has 0 saturated carbocycles. The molecular weight excluding hydrogens is 588 g/mol. The predicted molar refractivity (Wildman–Crippen MR) is 192 cm³/mol. The van der Waals surface area contributed by atoms with Crippen LogP contribution < -0.4 is 9.64 Å². The van der Waals surface area contributed by atoms with Gasteiger partial charge in [-0.15, -0.1) is 0 Å². The van der Waals surface area contributed by atoms with E-state index >= 15 is 0 Å². The van der Waals surface area contributed by atoms with Crippen LogP contribution in [0.3, 0.4) is 0 Å². The first-order valence-electron chi connectivity index (χ1n) is 16.9. The van der Waals surface area contributed by atoms with E-state index in [1.165, 1.54) is 22.4 Å². The van der Waals surface area contributed by atoms with Gasteiger partial charge in [0, 0.05) is 39.4 Å². The lowest BCUT2D eigenvalue weighted by atomic mass is 9.84. The zero-order chi connectivity index (χ0) is 31.9. The second kappa shape index (κ2) is 10.4. The number of allylic oxidation sites excluding steroid dienone is 5. The van der Waals surface area contributed by atoms with Crippen molar-refractivity contribution in [3.63, 3.8) is 0 Å². The summed E-state index contributed by atoms with van der Waals surface area (Å²) in [4.78, 5) is 2.54. The molecule has 4 nitrogen and oxygen atoms in total. The van der Waals surface area contributed by atoms with Crippen molar-refractivity contribution in [3.05, 3.63) is 161 Å². The quantitative estimate of drug-likeness (QED) is 0.201. The fraction of sp³-hybridized carbons (Fsp3) is 0.159. The summed E-state index contributed by atoms with van der Waals surface area (Å²) in [7, 11) is 0. The minimum atomic E-state index is -0.136. The van der Waals surface area contributed by atoms with Gasteiger partial charge >= 0.3 is 0 Å². The van der Waals surface area contributed by atoms with Gasteiger partial charge in [0.15, 0.2) is 0 Å². The maximum absolute atomic E-state index is 10.0. The molecule has 3 aliphatic carbocycles. The lowest BCUT2D eigenvalue weighted by Gasteiger charge is -2.33. The van der Waals surface area contributed by atoms with E-state index in [-0.39, 0.29) is 18.1 Å². The summed E-state index contributed by atoms with van der Waals surface area (Å²) < 4.78 is 13.2. The zero-order valence-corrected chi connectivity index (χ0v) is 26.5. The van der Waals surface area contributed by atoms with Gasteiger partial charge in [-0.1, -0.05) is 91.9 Å². The summed E-state index contributed by atoms with van der Waals surface area (Å²) in [5.41, 5.74) is 12.2. The highest BCUT2D eigenvalue weighted by molar-refractivity contribution is 5.93. The second-order valence-electron chi connectivity index (χ2n) is 13.6. The van der Waals surface area contributed by atoms with Gasteiger partial charge in [-0.05, 0) is 83.1 Å². The number of hydrogen-bond acceptors (Lipinski definition) is 4. The molecule has 0 radical (unpaired) electrons. The molecule has 1 aromatic heterocycles. The monoisotopic (exact) mass is 620 g/mol. The third kappa shape index (κ3) is 4.01. The molecule has 48 heavy (non-hydrogen) atoms. The van der Waals surface area contributed by atoms with Gasteiger partial charge in [-0.2, -0.15) is 5.26 Å². The van der Waals surface area contributed by atoms with Gasteiger partial charge in [0.2, 0.25) is 0 Å². The van der Waals surface area contributed by atoms with Crippen LogP contribution in [0, 0.1) is 23.2 Å². The van der Waals surface area contributed by atoms with E-state index < -0.39 is 0 Å². The van der Waals surface area contributed by atoms with E-state index in [1.807, 2.05) is 12.1 Å². The largest absolute Gasteiger partial charge is 0.485 e. The average Bonchev–Trinajstić information content (AvgIpc) is 3.80. The number of anilines is 1. The summed E-state index contributed by atoms with van der Waals surface area (Å²) in [6, 6.07) is 32.2. The van der Waals surface area contributed by atoms with Crippen LogP contribution in [0.25, 0.3) is 39.3 Å². The number of ether oxygens (including phenoxy) is 1. The van der Waals surface area contributed by atoms with Crippen LogP contribution >= 0.6 is 0 Å². The van der Waals surface area contributed by atoms with Gasteiger partial charge < -0.3 is 14.1 Å². The molecule has 5 atom stereocenters. The first kappa shape index (κ1) is 27.3. The molecule has 2 aliphatic heterocycles. The minimum Gasteiger partial charge on any atom is -0.485 e. The van der Waals surface area contributed by atoms with Gasteiger partial charge in [0.25, 0.3) is 0 Å². The molecule has 5 aromatic rings. The number of nitrogens with zero attached hydrogens (tertiary/aromatic N) is 2. The molecule has 0 spiro atoms. The molecule has 5 unspecified atom stereocenters. The molecule has 4 heteroatoms. The molecule has 0 bridgehead atoms. The highest BCUT2D eigenvalue weighted by Crippen LogP contribution is 2.52. The summed E-state index contributed by atoms with van der Waals surface area (Å²) >= 11 is 0. The van der Waals surface area contributed by atoms with Crippen LogP contribution in [0.1, 0.15) is 41.7 Å². The number of nitriles is 1. The highest BCUT2D eigenvalue weighted by Gasteiger charge is 2.42. The molecule has 10 rings (SSSR count). The SMILES string of the molecule is CC1C=CC2=C(C1)N(c1ccc(C#N)cc1-c1ccc3c(c1)C1c4oc5ccc(-c6ccccc6)cc5c4C=CC1O3)C1C=CC=CC21. The van der Waals surface area contributed by atoms with E-state index in [9.17, 15) is 5.26 Å². The first-order valence-corrected chi connectivity index (χ1v) is 16.9. The van der Waals surface area contributed by atoms with E-state index in [0.29, 0.717) is 17.4 Å². The summed E-state index contributed by atoms with van der Waals surface area (Å²) in [5.74, 6) is 2.55. The smallest absolute Gasteiger partial charge is 0.134 e. The highest BCUT2D eigenvalue weighted by atomic mass is 16.5. The lowest BCUT2D eigenvalue weighted by Crippen LogP contribution is -2.33. The molecule has 230 valence electrons. The van der Waals surface area contributed by atoms with Crippen molar-refractivity contribution in [2.45, 2.75) is 31.4 Å². The zero-order valence-electron chi connectivity index (χ0n) is 26.5. The Morgan fingerprint density at radius 1 is 0.812 bits per heavy atom. The molecular formula is C44H32N2O2. The Kier molecular flexibility index (Phi) is 5.90. The Morgan fingerprint density at radius 2 is 1.69 bits per heavy atom. The first-order chi connectivity index (χ1) is 23.6. The molecule has 0 saturated heterocycles. The van der Waals surface area contributed by atoms with Crippen LogP contribution in [0.15, 0.2) is 143 Å². The van der Waals surface area contributed by atoms with Crippen molar-refractivity contribution in [1.82, 2.24) is 0 Å². The van der Waals surface area contributed by atoms with E-state index in [4.69, 9.17) is 9.15 Å². The molecule has 0 N–H and O–H groups in total. The van der Waals surface area contributed by atoms with Crippen LogP contribution in [0.4, 0.5) is 5.69 Å². The van der Waals surface area contributed by atoms with Crippen LogP contribution in [-0.4, -0.2) is 12.1 Å². The van der Waals surface area contributed by atoms with E-state index in [2.05, 4.69) is 139 Å². The van der Waals surface area contributed by atoms with Crippen molar-refractivity contribution in [2.24, 2.45) is 11.8 Å². The summed E-state index contributed by atoms with van der Waals surface area (Å²) in [6.45, 7) is 2.29. The minimum absolute atomic E-state index is 0.0589. The second-order valence-corrected chi connectivity index (χ2v) is 13.6. The topological polar surface area (TPSA) is 49.4 Å². The van der Waals surface area contributed by atoms with Crippen molar-refractivity contribution < 1.29 is 9.15 Å². The fourth-order valence-electron chi connectivity index (χ4n) is 8.50. The van der Waals surface area contributed by atoms with Crippen molar-refractivity contribution in [1.29, 1.82) is 5.26 Å². The average molecular weight is 621 g/mol. The number of furan rings is 1. The Hall–Kier alpha value is -5.79. The molecule has 5 aliphatic rings. The van der Waals surface area contributed by atoms with Gasteiger partial charge in [0.1, 0.15) is 23.2 Å². The van der Waals surface area contributed by atoms with E-state index in [0.717, 1.165) is 56.8 Å². The molecule has 4 aromatic carbocycles. The van der Waals surface area contributed by atoms with Crippen LogP contribution in [0.5, 0.6) is 5.75 Å². The Labute approximate surface area is 279 Å². The third-order valence-corrected chi connectivity index (χ3v) is 10.7. The third-order valence-electron chi connectivity index (χ3n) is 10.7. The summed E-state index contributed by atoms with van der Waals surface area (Å²) in [5, 5.41) is 11.1. The maximum Gasteiger partial charge on any atom is 0.134 e. The van der Waals surface area contributed by atoms with Crippen molar-refractivity contribution >= 4 is 22.7 Å². The maximum atomic E-state index is 10.0. The number of benzene rings is 4. The normalized spacial score (nSPS) is 24.2. The fourth-order valence-corrected chi connectivity index (χ4v) is 8.50. The predicted octanol–water partition coefficient (Wildman–Crippen LogP) is 10.3.